The molecule has 0 saturated heterocycles. The van der Waals surface area contributed by atoms with Crippen LogP contribution in [-0.4, -0.2) is 96.7 Å². The van der Waals surface area contributed by atoms with E-state index in [0.717, 1.165) is 103 Å². The Labute approximate surface area is 571 Å². The highest BCUT2D eigenvalue weighted by Crippen LogP contribution is 2.45. The van der Waals surface area contributed by atoms with Crippen molar-refractivity contribution in [1.82, 2.24) is 0 Å². The second-order valence-electron chi connectivity index (χ2n) is 25.2. The molecule has 0 aromatic carbocycles. The van der Waals surface area contributed by atoms with E-state index in [-0.39, 0.29) is 25.7 Å². The zero-order chi connectivity index (χ0) is 69.0. The van der Waals surface area contributed by atoms with Crippen LogP contribution < -0.4 is 0 Å². The predicted molar refractivity (Wildman–Crippen MR) is 381 cm³/mol. The molecule has 0 aliphatic rings. The zero-order valence-electron chi connectivity index (χ0n) is 59.6. The van der Waals surface area contributed by atoms with E-state index in [9.17, 15) is 43.2 Å². The van der Waals surface area contributed by atoms with E-state index in [1.807, 2.05) is 12.2 Å². The fraction of sp³-hybridized carbons (Fsp3) is 0.813. The van der Waals surface area contributed by atoms with Crippen molar-refractivity contribution in [2.24, 2.45) is 0 Å². The van der Waals surface area contributed by atoms with Crippen LogP contribution in [0.5, 0.6) is 0 Å². The molecule has 0 spiro atoms. The van der Waals surface area contributed by atoms with Gasteiger partial charge < -0.3 is 33.8 Å². The summed E-state index contributed by atoms with van der Waals surface area (Å²) in [5, 5.41) is 10.6. The summed E-state index contributed by atoms with van der Waals surface area (Å²) in [6.45, 7) is 4.73. The lowest BCUT2D eigenvalue weighted by atomic mass is 10.0. The lowest BCUT2D eigenvalue weighted by Crippen LogP contribution is -2.30. The number of hydrogen-bond acceptors (Lipinski definition) is 15. The van der Waals surface area contributed by atoms with Crippen LogP contribution >= 0.6 is 15.6 Å². The minimum atomic E-state index is -4.97. The summed E-state index contributed by atoms with van der Waals surface area (Å²) in [5.74, 6) is -2.21. The van der Waals surface area contributed by atoms with Crippen molar-refractivity contribution in [3.63, 3.8) is 0 Å². The van der Waals surface area contributed by atoms with Gasteiger partial charge >= 0.3 is 39.5 Å². The van der Waals surface area contributed by atoms with Gasteiger partial charge in [0, 0.05) is 25.7 Å². The second-order valence-corrected chi connectivity index (χ2v) is 28.1. The molecule has 0 aromatic rings. The van der Waals surface area contributed by atoms with Crippen LogP contribution in [0.2, 0.25) is 0 Å². The fourth-order valence-electron chi connectivity index (χ4n) is 10.3. The minimum absolute atomic E-state index is 0.0878. The molecule has 3 N–H and O–H groups in total. The summed E-state index contributed by atoms with van der Waals surface area (Å²) in [4.78, 5) is 72.6. The summed E-state index contributed by atoms with van der Waals surface area (Å²) in [6.07, 6.45) is 65.2. The molecule has 0 aromatic heterocycles. The summed E-state index contributed by atoms with van der Waals surface area (Å²) in [7, 11) is -9.93. The summed E-state index contributed by atoms with van der Waals surface area (Å²) in [5.41, 5.74) is 0. The van der Waals surface area contributed by atoms with Crippen molar-refractivity contribution in [3.05, 3.63) is 60.8 Å². The van der Waals surface area contributed by atoms with Crippen molar-refractivity contribution < 1.29 is 80.2 Å². The van der Waals surface area contributed by atoms with Crippen LogP contribution in [0.15, 0.2) is 60.8 Å². The molecule has 0 rings (SSSR count). The normalized spacial score (nSPS) is 14.3. The third-order valence-electron chi connectivity index (χ3n) is 16.0. The molecule has 5 atom stereocenters. The Kier molecular flexibility index (Phi) is 65.9. The molecular weight excluding hydrogens is 1230 g/mol. The SMILES string of the molecule is CC/C=C\C/C=C\C/C=C\C/C=C\C/C=C\CCCC(=O)OCC(COP(=O)(O)OCC(O)COP(=O)(O)OCC(COC(=O)CCCCCCCCCCCCCCCCC)OC(=O)CCCCCCCCCCCCC)OC(=O)CCCCCCCCCCCCC. The maximum atomic E-state index is 13.0. The third-order valence-corrected chi connectivity index (χ3v) is 17.9. The number of phosphoric ester groups is 2. The molecule has 0 radical (unpaired) electrons. The van der Waals surface area contributed by atoms with Crippen LogP contribution in [0.25, 0.3) is 0 Å². The van der Waals surface area contributed by atoms with Gasteiger partial charge in [-0.2, -0.15) is 0 Å². The number of carbonyl (C=O) groups excluding carboxylic acids is 4. The average molecular weight is 1370 g/mol. The fourth-order valence-corrected chi connectivity index (χ4v) is 11.9. The highest BCUT2D eigenvalue weighted by atomic mass is 31.2. The highest BCUT2D eigenvalue weighted by Gasteiger charge is 2.30. The van der Waals surface area contributed by atoms with Crippen LogP contribution in [0.4, 0.5) is 0 Å². The minimum Gasteiger partial charge on any atom is -0.462 e. The first-order chi connectivity index (χ1) is 45.7. The van der Waals surface area contributed by atoms with E-state index in [1.54, 1.807) is 0 Å². The van der Waals surface area contributed by atoms with Gasteiger partial charge in [0.25, 0.3) is 0 Å². The molecule has 548 valence electrons. The number of phosphoric acid groups is 2. The number of rotatable bonds is 71. The van der Waals surface area contributed by atoms with Crippen molar-refractivity contribution in [2.75, 3.05) is 39.6 Å². The van der Waals surface area contributed by atoms with Gasteiger partial charge in [0.15, 0.2) is 12.2 Å². The molecule has 0 aliphatic heterocycles. The largest absolute Gasteiger partial charge is 0.472 e. The number of aliphatic hydroxyl groups is 1. The number of ether oxygens (including phenoxy) is 4. The molecule has 0 heterocycles. The van der Waals surface area contributed by atoms with Crippen molar-refractivity contribution in [1.29, 1.82) is 0 Å². The molecule has 5 unspecified atom stereocenters. The van der Waals surface area contributed by atoms with E-state index in [0.29, 0.717) is 32.1 Å². The van der Waals surface area contributed by atoms with Crippen LogP contribution in [0, 0.1) is 0 Å². The van der Waals surface area contributed by atoms with Gasteiger partial charge in [-0.15, -0.1) is 0 Å². The number of carbonyl (C=O) groups is 4. The first-order valence-electron chi connectivity index (χ1n) is 37.5. The smallest absolute Gasteiger partial charge is 0.462 e. The molecular formula is C75H136O17P2. The Morgan fingerprint density at radius 2 is 0.553 bits per heavy atom. The quantitative estimate of drug-likeness (QED) is 0.0169. The lowest BCUT2D eigenvalue weighted by Gasteiger charge is -2.21. The molecule has 0 bridgehead atoms. The number of esters is 4. The van der Waals surface area contributed by atoms with Crippen molar-refractivity contribution in [2.45, 2.75) is 354 Å². The van der Waals surface area contributed by atoms with Gasteiger partial charge in [0.1, 0.15) is 19.3 Å². The van der Waals surface area contributed by atoms with Gasteiger partial charge in [0.05, 0.1) is 26.4 Å². The van der Waals surface area contributed by atoms with Crippen LogP contribution in [0.1, 0.15) is 336 Å². The maximum Gasteiger partial charge on any atom is 0.472 e. The molecule has 0 saturated carbocycles. The number of hydrogen-bond donors (Lipinski definition) is 3. The molecule has 0 amide bonds. The number of unbranched alkanes of at least 4 members (excludes halogenated alkanes) is 35. The highest BCUT2D eigenvalue weighted by molar-refractivity contribution is 7.47. The van der Waals surface area contributed by atoms with E-state index >= 15 is 0 Å². The molecule has 0 aliphatic carbocycles. The van der Waals surface area contributed by atoms with E-state index in [1.165, 1.54) is 148 Å². The Morgan fingerprint density at radius 1 is 0.309 bits per heavy atom. The lowest BCUT2D eigenvalue weighted by molar-refractivity contribution is -0.161. The van der Waals surface area contributed by atoms with E-state index in [4.69, 9.17) is 37.0 Å². The molecule has 19 heteroatoms. The van der Waals surface area contributed by atoms with Crippen LogP contribution in [-0.2, 0) is 65.4 Å². The summed E-state index contributed by atoms with van der Waals surface area (Å²) in [6, 6.07) is 0. The molecule has 94 heavy (non-hydrogen) atoms. The Bertz CT molecular complexity index is 2030. The van der Waals surface area contributed by atoms with Gasteiger partial charge in [-0.05, 0) is 64.2 Å². The van der Waals surface area contributed by atoms with Gasteiger partial charge in [0.2, 0.25) is 0 Å². The topological polar surface area (TPSA) is 237 Å². The number of allylic oxidation sites excluding steroid dienone is 10. The second kappa shape index (κ2) is 68.3. The number of aliphatic hydroxyl groups excluding tert-OH is 1. The van der Waals surface area contributed by atoms with Gasteiger partial charge in [-0.25, -0.2) is 9.13 Å². The summed E-state index contributed by atoms with van der Waals surface area (Å²) < 4.78 is 68.3. The predicted octanol–water partition coefficient (Wildman–Crippen LogP) is 21.1. The van der Waals surface area contributed by atoms with Crippen molar-refractivity contribution >= 4 is 39.5 Å². The Morgan fingerprint density at radius 3 is 0.851 bits per heavy atom. The van der Waals surface area contributed by atoms with Gasteiger partial charge in [-0.3, -0.25) is 37.3 Å². The molecule has 17 nitrogen and oxygen atoms in total. The standard InChI is InChI=1S/C75H136O17P2/c1-5-9-13-17-21-25-29-31-33-34-36-38-42-44-48-52-56-60-73(78)86-66-71(92-75(80)62-58-54-50-46-40-28-24-20-16-12-8-4)68-90-94(83,84)88-64-69(76)63-87-93(81,82)89-67-70(91-74(79)61-57-53-49-45-39-27-23-19-15-11-7-3)65-85-72(77)59-55-51-47-43-41-37-35-32-30-26-22-18-14-10-6-2/h9,13,21,25,31,33,36,38,44,48,69-71,76H,5-8,10-12,14-20,22-24,26-30,32,34-35,37,39-43,45-47,49-68H2,1-4H3,(H,81,82)(H,83,84)/b13-9-,25-21-,33-31-,38-36-,48-44-. The monoisotopic (exact) mass is 1370 g/mol. The maximum absolute atomic E-state index is 13.0. The Hall–Kier alpha value is -3.24. The van der Waals surface area contributed by atoms with E-state index in [2.05, 4.69) is 76.3 Å². The molecule has 0 fully saturated rings. The third kappa shape index (κ3) is 67.3. The Balaban J connectivity index is 5.30. The zero-order valence-corrected chi connectivity index (χ0v) is 61.4. The van der Waals surface area contributed by atoms with Crippen LogP contribution in [0.3, 0.4) is 0 Å². The van der Waals surface area contributed by atoms with Gasteiger partial charge in [-0.1, -0.05) is 307 Å². The first kappa shape index (κ1) is 90.8. The van der Waals surface area contributed by atoms with Crippen molar-refractivity contribution in [3.8, 4) is 0 Å². The average Bonchev–Trinajstić information content (AvgIpc) is 1.32. The summed E-state index contributed by atoms with van der Waals surface area (Å²) >= 11 is 0. The first-order valence-corrected chi connectivity index (χ1v) is 40.5. The van der Waals surface area contributed by atoms with E-state index < -0.39 is 97.5 Å².